The molecular weight excluding hydrogens is 1050 g/mol. The molecule has 0 aliphatic carbocycles. The summed E-state index contributed by atoms with van der Waals surface area (Å²) >= 11 is 15.9. The lowest BCUT2D eigenvalue weighted by Gasteiger charge is -2.38. The number of aromatic nitrogens is 2. The topological polar surface area (TPSA) is 9.86 Å². The largest absolute Gasteiger partial charge is 0.309 e. The van der Waals surface area contributed by atoms with Crippen LogP contribution in [-0.2, 0) is 16.2 Å². The third kappa shape index (κ3) is 7.84. The van der Waals surface area contributed by atoms with E-state index in [0.717, 1.165) is 98.3 Å². The minimum atomic E-state index is -1.15. The molecule has 0 atom stereocenters. The van der Waals surface area contributed by atoms with Crippen molar-refractivity contribution in [2.75, 3.05) is 0 Å². The molecule has 4 heterocycles. The van der Waals surface area contributed by atoms with Gasteiger partial charge in [-0.2, -0.15) is 0 Å². The van der Waals surface area contributed by atoms with E-state index in [-0.39, 0.29) is 57.1 Å². The molecule has 0 fully saturated rings. The van der Waals surface area contributed by atoms with Gasteiger partial charge in [-0.1, -0.05) is 255 Å². The van der Waals surface area contributed by atoms with Gasteiger partial charge in [-0.3, -0.25) is 0 Å². The molecule has 0 spiro atoms. The highest BCUT2D eigenvalue weighted by atomic mass is 35.5. The van der Waals surface area contributed by atoms with Gasteiger partial charge in [-0.25, -0.2) is 0 Å². The monoisotopic (exact) mass is 1110 g/mol. The number of benzene rings is 11. The summed E-state index contributed by atoms with van der Waals surface area (Å²) in [7, 11) is 0. The molecule has 0 saturated heterocycles. The Kier molecular flexibility index (Phi) is 10.1. The Morgan fingerprint density at radius 3 is 1.01 bits per heavy atom. The van der Waals surface area contributed by atoms with Crippen molar-refractivity contribution in [3.8, 4) is 33.6 Å². The molecule has 2 aliphatic heterocycles. The van der Waals surface area contributed by atoms with E-state index in [1.165, 1.54) is 0 Å². The van der Waals surface area contributed by atoms with E-state index in [1.54, 1.807) is 0 Å². The van der Waals surface area contributed by atoms with Gasteiger partial charge < -0.3 is 9.13 Å². The highest BCUT2D eigenvalue weighted by Crippen LogP contribution is 2.47. The summed E-state index contributed by atoms with van der Waals surface area (Å²) in [4.78, 5) is 0. The van der Waals surface area contributed by atoms with E-state index in [1.807, 2.05) is 72.8 Å². The molecule has 2 aromatic heterocycles. The molecule has 0 radical (unpaired) electrons. The zero-order chi connectivity index (χ0) is 62.2. The van der Waals surface area contributed by atoms with Crippen molar-refractivity contribution >= 4 is 133 Å². The van der Waals surface area contributed by atoms with Gasteiger partial charge in [0.15, 0.2) is 0 Å². The summed E-state index contributed by atoms with van der Waals surface area (Å²) < 4.78 is 69.4. The maximum atomic E-state index is 11.4. The molecule has 5 heteroatoms. The quantitative estimate of drug-likeness (QED) is 0.153. The van der Waals surface area contributed by atoms with E-state index in [0.29, 0.717) is 55.1 Å². The Morgan fingerprint density at radius 1 is 0.349 bits per heavy atom. The number of hydrogen-bond acceptors (Lipinski definition) is 0. The third-order valence-electron chi connectivity index (χ3n) is 17.5. The van der Waals surface area contributed by atoms with Crippen LogP contribution in [0.1, 0.15) is 87.2 Å². The van der Waals surface area contributed by atoms with Crippen LogP contribution in [0.15, 0.2) is 218 Å². The molecule has 0 amide bonds. The first-order valence-electron chi connectivity index (χ1n) is 31.8. The second-order valence-electron chi connectivity index (χ2n) is 25.7. The Hall–Kier alpha value is -8.34. The molecular formula is C78H63BCl2N2. The summed E-state index contributed by atoms with van der Waals surface area (Å²) in [6, 6.07) is 62.5. The summed E-state index contributed by atoms with van der Waals surface area (Å²) in [6.07, 6.45) is 0. The molecule has 15 rings (SSSR count). The van der Waals surface area contributed by atoms with Gasteiger partial charge in [0.25, 0.3) is 6.71 Å². The van der Waals surface area contributed by atoms with Crippen molar-refractivity contribution in [2.24, 2.45) is 0 Å². The van der Waals surface area contributed by atoms with E-state index in [9.17, 15) is 8.22 Å². The van der Waals surface area contributed by atoms with Crippen molar-refractivity contribution < 1.29 is 8.22 Å². The summed E-state index contributed by atoms with van der Waals surface area (Å²) in [5.74, 6) is 0. The molecule has 2 aliphatic rings. The van der Waals surface area contributed by atoms with Crippen molar-refractivity contribution in [3.05, 3.63) is 245 Å². The van der Waals surface area contributed by atoms with Crippen molar-refractivity contribution in [2.45, 2.75) is 78.6 Å². The average Bonchev–Trinajstić information content (AvgIpc) is 1.47. The van der Waals surface area contributed by atoms with Gasteiger partial charge in [-0.15, -0.1) is 0 Å². The van der Waals surface area contributed by atoms with Gasteiger partial charge in [0.05, 0.1) is 40.3 Å². The second-order valence-corrected chi connectivity index (χ2v) is 26.5. The predicted octanol–water partition coefficient (Wildman–Crippen LogP) is 20.4. The van der Waals surface area contributed by atoms with Crippen LogP contribution in [-0.4, -0.2) is 15.8 Å². The molecule has 2 nitrogen and oxygen atoms in total. The number of hydrogen-bond donors (Lipinski definition) is 0. The smallest absolute Gasteiger partial charge is 0.252 e. The molecule has 0 N–H and O–H groups in total. The van der Waals surface area contributed by atoms with Crippen molar-refractivity contribution in [1.29, 1.82) is 0 Å². The zero-order valence-corrected chi connectivity index (χ0v) is 49.6. The lowest BCUT2D eigenvalue weighted by molar-refractivity contribution is 0.589. The van der Waals surface area contributed by atoms with E-state index in [2.05, 4.69) is 181 Å². The van der Waals surface area contributed by atoms with Gasteiger partial charge in [0.2, 0.25) is 0 Å². The minimum Gasteiger partial charge on any atom is -0.309 e. The van der Waals surface area contributed by atoms with Crippen LogP contribution in [0.3, 0.4) is 0 Å². The Bertz CT molecular complexity index is 5150. The highest BCUT2D eigenvalue weighted by molar-refractivity contribution is 7.00. The van der Waals surface area contributed by atoms with Crippen molar-refractivity contribution in [3.63, 3.8) is 0 Å². The Balaban J connectivity index is 1.39. The van der Waals surface area contributed by atoms with Gasteiger partial charge in [0, 0.05) is 44.0 Å². The number of halogens is 2. The highest BCUT2D eigenvalue weighted by Gasteiger charge is 2.42. The molecule has 11 aromatic carbocycles. The van der Waals surface area contributed by atoms with E-state index in [4.69, 9.17) is 23.2 Å². The first kappa shape index (κ1) is 45.2. The maximum absolute atomic E-state index is 11.4. The summed E-state index contributed by atoms with van der Waals surface area (Å²) in [5, 5.41) is 9.79. The first-order chi connectivity index (χ1) is 42.5. The van der Waals surface area contributed by atoms with E-state index < -0.39 is 12.1 Å². The molecule has 402 valence electrons. The normalized spacial score (nSPS) is 14.0. The third-order valence-corrected chi connectivity index (χ3v) is 18.1. The molecule has 83 heavy (non-hydrogen) atoms. The second kappa shape index (κ2) is 18.6. The Labute approximate surface area is 504 Å². The van der Waals surface area contributed by atoms with E-state index >= 15 is 0 Å². The standard InChI is InChI=1S/C78H63BCl2N2/c1-76(2,3)48-40-59(46-24-12-10-13-25-46)72-61(42-48)55-32-18-16-28-51(55)53-30-20-22-34-57(53)69-65(80)38-36-63-74(69)82(72)67-44-50(78(7,8)9)45-68-71(67)79(63)64-37-39-66(81)70-58-35-23-21-31-54(58)52-29-17-19-33-56(52)62-43-49(77(4,5)6)41-60(47-26-14-11-15-27-47)73(62)83(68)75(64)70/h10-45H,1-9H3/i36D,37D,38D,39D,44D,45D. The average molecular weight is 1120 g/mol. The van der Waals surface area contributed by atoms with Crippen LogP contribution in [0.25, 0.3) is 120 Å². The molecule has 13 aromatic rings. The molecule has 0 bridgehead atoms. The summed E-state index contributed by atoms with van der Waals surface area (Å²) in [5.41, 5.74) is 9.24. The van der Waals surface area contributed by atoms with Gasteiger partial charge >= 0.3 is 0 Å². The van der Waals surface area contributed by atoms with Crippen LogP contribution in [0.4, 0.5) is 0 Å². The van der Waals surface area contributed by atoms with Crippen LogP contribution >= 0.6 is 23.2 Å². The lowest BCUT2D eigenvalue weighted by atomic mass is 9.34. The van der Waals surface area contributed by atoms with Crippen LogP contribution in [0.5, 0.6) is 0 Å². The molecule has 0 unspecified atom stereocenters. The summed E-state index contributed by atoms with van der Waals surface area (Å²) in [6.45, 7) is 18.4. The Morgan fingerprint density at radius 2 is 0.663 bits per heavy atom. The molecule has 0 saturated carbocycles. The SMILES string of the molecule is [2H]c1c2c3c(c([2H])c1C(C)(C)C)-n1c4c(-c5ccccc5)cc(C(C)(C)C)cc4c4ccccc4c4ccccc4c4c(Cl)c([2H])c([2H])c(c41)B3c1c([2H])c([2H])c(Cl)c3c4ccccc4c4ccccc4c4cc(C(C)(C)C)cc(-c5ccccc5)c4n-2c13. The zero-order valence-electron chi connectivity index (χ0n) is 54.0. The minimum absolute atomic E-state index is 0.0680. The number of nitrogens with zero attached hydrogens (tertiary/aromatic N) is 2. The number of fused-ring (bicyclic) bond motifs is 18. The van der Waals surface area contributed by atoms with Crippen molar-refractivity contribution in [1.82, 2.24) is 9.13 Å². The maximum Gasteiger partial charge on any atom is 0.252 e. The fourth-order valence-electron chi connectivity index (χ4n) is 13.4. The number of rotatable bonds is 2. The van der Waals surface area contributed by atoms with Crippen LogP contribution in [0.2, 0.25) is 10.0 Å². The fraction of sp³-hybridized carbons (Fsp3) is 0.154. The first-order valence-corrected chi connectivity index (χ1v) is 29.5. The van der Waals surface area contributed by atoms with Crippen LogP contribution < -0.4 is 16.4 Å². The lowest BCUT2D eigenvalue weighted by Crippen LogP contribution is -2.60. The van der Waals surface area contributed by atoms with Crippen LogP contribution in [0, 0.1) is 0 Å². The van der Waals surface area contributed by atoms with Gasteiger partial charge in [-0.05, 0) is 152 Å². The fourth-order valence-corrected chi connectivity index (χ4v) is 13.9. The predicted molar refractivity (Wildman–Crippen MR) is 362 cm³/mol. The van der Waals surface area contributed by atoms with Gasteiger partial charge in [0.1, 0.15) is 0 Å².